The van der Waals surface area contributed by atoms with E-state index in [1.165, 1.54) is 12.1 Å². The van der Waals surface area contributed by atoms with Crippen LogP contribution in [-0.4, -0.2) is 43.4 Å². The van der Waals surface area contributed by atoms with Crippen molar-refractivity contribution < 1.29 is 13.9 Å². The molecule has 0 saturated carbocycles. The molecule has 4 rings (SSSR count). The van der Waals surface area contributed by atoms with Gasteiger partial charge in [0.05, 0.1) is 0 Å². The van der Waals surface area contributed by atoms with Gasteiger partial charge in [0.2, 0.25) is 5.88 Å². The Morgan fingerprint density at radius 3 is 2.55 bits per heavy atom. The third-order valence-electron chi connectivity index (χ3n) is 5.04. The van der Waals surface area contributed by atoms with Crippen molar-refractivity contribution in [3.8, 4) is 11.6 Å². The largest absolute Gasteiger partial charge is 0.439 e. The minimum atomic E-state index is -0.316. The molecule has 0 unspecified atom stereocenters. The number of aromatic nitrogens is 4. The zero-order valence-corrected chi connectivity index (χ0v) is 16.4. The highest BCUT2D eigenvalue weighted by atomic mass is 19.1. The maximum atomic E-state index is 13.1. The highest BCUT2D eigenvalue weighted by molar-refractivity contribution is 5.90. The Morgan fingerprint density at radius 1 is 1.17 bits per heavy atom. The number of nitrogens with zero attached hydrogens (tertiary/aromatic N) is 5. The van der Waals surface area contributed by atoms with Gasteiger partial charge >= 0.3 is 0 Å². The van der Waals surface area contributed by atoms with Gasteiger partial charge in [0.25, 0.3) is 5.91 Å². The minimum absolute atomic E-state index is 0.0542. The van der Waals surface area contributed by atoms with Gasteiger partial charge < -0.3 is 14.2 Å². The fourth-order valence-electron chi connectivity index (χ4n) is 3.47. The summed E-state index contributed by atoms with van der Waals surface area (Å²) in [6.07, 6.45) is 4.94. The van der Waals surface area contributed by atoms with Crippen molar-refractivity contribution in [1.29, 1.82) is 0 Å². The SMILES string of the molecule is Cc1cc(Oc2ccc(F)cc2)nc(C2CCN(C(=O)c3nccn3C)CC2)n1. The van der Waals surface area contributed by atoms with Crippen LogP contribution in [0, 0.1) is 12.7 Å². The zero-order valence-electron chi connectivity index (χ0n) is 16.4. The lowest BCUT2D eigenvalue weighted by Crippen LogP contribution is -2.39. The number of ether oxygens (including phenoxy) is 1. The molecular formula is C21H22FN5O2. The molecule has 3 aromatic rings. The Bertz CT molecular complexity index is 1010. The number of rotatable bonds is 4. The van der Waals surface area contributed by atoms with Crippen LogP contribution in [0.25, 0.3) is 0 Å². The molecular weight excluding hydrogens is 373 g/mol. The van der Waals surface area contributed by atoms with E-state index < -0.39 is 0 Å². The Labute approximate surface area is 168 Å². The van der Waals surface area contributed by atoms with Crippen molar-refractivity contribution in [2.75, 3.05) is 13.1 Å². The number of hydrogen-bond donors (Lipinski definition) is 0. The molecule has 0 spiro atoms. The predicted molar refractivity (Wildman–Crippen MR) is 104 cm³/mol. The second kappa shape index (κ2) is 7.98. The summed E-state index contributed by atoms with van der Waals surface area (Å²) in [6.45, 7) is 3.14. The molecule has 0 radical (unpaired) electrons. The highest BCUT2D eigenvalue weighted by Crippen LogP contribution is 2.29. The van der Waals surface area contributed by atoms with E-state index in [2.05, 4.69) is 15.0 Å². The van der Waals surface area contributed by atoms with Crippen LogP contribution in [-0.2, 0) is 7.05 Å². The summed E-state index contributed by atoms with van der Waals surface area (Å²) >= 11 is 0. The monoisotopic (exact) mass is 395 g/mol. The Morgan fingerprint density at radius 2 is 1.90 bits per heavy atom. The lowest BCUT2D eigenvalue weighted by atomic mass is 9.95. The highest BCUT2D eigenvalue weighted by Gasteiger charge is 2.28. The summed E-state index contributed by atoms with van der Waals surface area (Å²) in [5.41, 5.74) is 0.804. The topological polar surface area (TPSA) is 73.1 Å². The number of benzene rings is 1. The number of piperidine rings is 1. The molecule has 8 heteroatoms. The molecule has 29 heavy (non-hydrogen) atoms. The number of amides is 1. The van der Waals surface area contributed by atoms with Crippen molar-refractivity contribution in [1.82, 2.24) is 24.4 Å². The first-order valence-electron chi connectivity index (χ1n) is 9.55. The van der Waals surface area contributed by atoms with Crippen molar-refractivity contribution in [3.05, 3.63) is 65.9 Å². The summed E-state index contributed by atoms with van der Waals surface area (Å²) in [6, 6.07) is 7.58. The predicted octanol–water partition coefficient (Wildman–Crippen LogP) is 3.47. The van der Waals surface area contributed by atoms with Crippen LogP contribution in [0.1, 0.15) is 40.9 Å². The van der Waals surface area contributed by atoms with Crippen LogP contribution in [0.4, 0.5) is 4.39 Å². The van der Waals surface area contributed by atoms with Crippen LogP contribution in [0.2, 0.25) is 0 Å². The second-order valence-electron chi connectivity index (χ2n) is 7.19. The molecule has 1 aliphatic heterocycles. The van der Waals surface area contributed by atoms with E-state index in [0.717, 1.165) is 18.5 Å². The van der Waals surface area contributed by atoms with Crippen molar-refractivity contribution >= 4 is 5.91 Å². The molecule has 1 fully saturated rings. The molecule has 0 N–H and O–H groups in total. The van der Waals surface area contributed by atoms with Crippen LogP contribution in [0.3, 0.4) is 0 Å². The van der Waals surface area contributed by atoms with Gasteiger partial charge in [-0.05, 0) is 44.0 Å². The van der Waals surface area contributed by atoms with Crippen LogP contribution in [0.5, 0.6) is 11.6 Å². The third-order valence-corrected chi connectivity index (χ3v) is 5.04. The standard InChI is InChI=1S/C21H22FN5O2/c1-14-13-18(29-17-5-3-16(22)4-6-17)25-19(24-14)15-7-10-27(11-8-15)21(28)20-23-9-12-26(20)2/h3-6,9,12-13,15H,7-8,10-11H2,1-2H3. The molecule has 2 aromatic heterocycles. The number of hydrogen-bond acceptors (Lipinski definition) is 5. The molecule has 1 saturated heterocycles. The van der Waals surface area contributed by atoms with E-state index in [9.17, 15) is 9.18 Å². The van der Waals surface area contributed by atoms with Gasteiger partial charge in [0.15, 0.2) is 5.82 Å². The van der Waals surface area contributed by atoms with Gasteiger partial charge in [0.1, 0.15) is 17.4 Å². The molecule has 1 aliphatic rings. The van der Waals surface area contributed by atoms with Gasteiger partial charge in [-0.1, -0.05) is 0 Å². The summed E-state index contributed by atoms with van der Waals surface area (Å²) in [5, 5.41) is 0. The van der Waals surface area contributed by atoms with E-state index in [0.29, 0.717) is 36.4 Å². The molecule has 1 amide bonds. The fraction of sp³-hybridized carbons (Fsp3) is 0.333. The lowest BCUT2D eigenvalue weighted by molar-refractivity contribution is 0.0694. The molecule has 150 valence electrons. The first-order chi connectivity index (χ1) is 14.0. The van der Waals surface area contributed by atoms with Crippen molar-refractivity contribution in [3.63, 3.8) is 0 Å². The summed E-state index contributed by atoms with van der Waals surface area (Å²) < 4.78 is 20.6. The van der Waals surface area contributed by atoms with Gasteiger partial charge in [-0.3, -0.25) is 4.79 Å². The number of aryl methyl sites for hydroxylation is 2. The Kier molecular flexibility index (Phi) is 5.24. The van der Waals surface area contributed by atoms with Crippen LogP contribution >= 0.6 is 0 Å². The van der Waals surface area contributed by atoms with E-state index in [-0.39, 0.29) is 17.6 Å². The number of carbonyl (C=O) groups excluding carboxylic acids is 1. The Hall–Kier alpha value is -3.29. The van der Waals surface area contributed by atoms with E-state index in [1.807, 2.05) is 18.9 Å². The Balaban J connectivity index is 1.44. The normalized spacial score (nSPS) is 14.8. The zero-order chi connectivity index (χ0) is 20.4. The molecule has 0 bridgehead atoms. The van der Waals surface area contributed by atoms with Gasteiger partial charge in [0, 0.05) is 50.2 Å². The fourth-order valence-corrected chi connectivity index (χ4v) is 3.47. The van der Waals surface area contributed by atoms with Gasteiger partial charge in [-0.15, -0.1) is 0 Å². The third kappa shape index (κ3) is 4.26. The first-order valence-corrected chi connectivity index (χ1v) is 9.55. The summed E-state index contributed by atoms with van der Waals surface area (Å²) in [5.74, 6) is 1.90. The molecule has 1 aromatic carbocycles. The van der Waals surface area contributed by atoms with Gasteiger partial charge in [-0.2, -0.15) is 4.98 Å². The number of imidazole rings is 1. The quantitative estimate of drug-likeness (QED) is 0.676. The molecule has 0 aliphatic carbocycles. The number of halogens is 1. The van der Waals surface area contributed by atoms with E-state index in [4.69, 9.17) is 4.74 Å². The van der Waals surface area contributed by atoms with Gasteiger partial charge in [-0.25, -0.2) is 14.4 Å². The average molecular weight is 395 g/mol. The smallest absolute Gasteiger partial charge is 0.289 e. The molecule has 0 atom stereocenters. The van der Waals surface area contributed by atoms with E-state index >= 15 is 0 Å². The molecule has 7 nitrogen and oxygen atoms in total. The van der Waals surface area contributed by atoms with Crippen LogP contribution < -0.4 is 4.74 Å². The first kappa shape index (κ1) is 19.0. The maximum Gasteiger partial charge on any atom is 0.289 e. The maximum absolute atomic E-state index is 13.1. The molecule has 3 heterocycles. The van der Waals surface area contributed by atoms with Crippen molar-refractivity contribution in [2.24, 2.45) is 7.05 Å². The van der Waals surface area contributed by atoms with Crippen LogP contribution in [0.15, 0.2) is 42.7 Å². The summed E-state index contributed by atoms with van der Waals surface area (Å²) in [4.78, 5) is 27.7. The number of likely N-dealkylation sites (tertiary alicyclic amines) is 1. The lowest BCUT2D eigenvalue weighted by Gasteiger charge is -2.31. The van der Waals surface area contributed by atoms with E-state index in [1.54, 1.807) is 35.2 Å². The number of carbonyl (C=O) groups is 1. The minimum Gasteiger partial charge on any atom is -0.439 e. The average Bonchev–Trinajstić information content (AvgIpc) is 3.15. The summed E-state index contributed by atoms with van der Waals surface area (Å²) in [7, 11) is 1.82. The second-order valence-corrected chi connectivity index (χ2v) is 7.19. The van der Waals surface area contributed by atoms with Crippen molar-refractivity contribution in [2.45, 2.75) is 25.7 Å².